The molecule has 114 valence electrons. The zero-order valence-electron chi connectivity index (χ0n) is 12.6. The Morgan fingerprint density at radius 1 is 1.52 bits per heavy atom. The molecular formula is C16H22N2O2S. The molecule has 1 fully saturated rings. The van der Waals surface area contributed by atoms with Gasteiger partial charge in [-0.05, 0) is 37.5 Å². The minimum absolute atomic E-state index is 0.557. The van der Waals surface area contributed by atoms with Crippen molar-refractivity contribution in [2.45, 2.75) is 46.0 Å². The summed E-state index contributed by atoms with van der Waals surface area (Å²) in [6, 6.07) is 0. The van der Waals surface area contributed by atoms with Gasteiger partial charge in [-0.15, -0.1) is 11.3 Å². The van der Waals surface area contributed by atoms with E-state index < -0.39 is 11.4 Å². The van der Waals surface area contributed by atoms with E-state index in [1.807, 2.05) is 22.2 Å². The third-order valence-corrected chi connectivity index (χ3v) is 5.82. The smallest absolute Gasteiger partial charge is 0.310 e. The van der Waals surface area contributed by atoms with Gasteiger partial charge in [-0.1, -0.05) is 13.8 Å². The molecule has 0 amide bonds. The van der Waals surface area contributed by atoms with Crippen LogP contribution in [0, 0.1) is 17.3 Å². The number of carboxylic acids is 1. The summed E-state index contributed by atoms with van der Waals surface area (Å²) in [5, 5.41) is 11.8. The first-order valence-corrected chi connectivity index (χ1v) is 8.53. The van der Waals surface area contributed by atoms with E-state index in [1.54, 1.807) is 11.3 Å². The second-order valence-corrected chi connectivity index (χ2v) is 7.54. The zero-order valence-corrected chi connectivity index (χ0v) is 13.4. The van der Waals surface area contributed by atoms with Crippen LogP contribution in [0.15, 0.2) is 17.8 Å². The van der Waals surface area contributed by atoms with Crippen molar-refractivity contribution in [2.75, 3.05) is 0 Å². The van der Waals surface area contributed by atoms with Gasteiger partial charge < -0.3 is 5.11 Å². The van der Waals surface area contributed by atoms with Crippen LogP contribution in [0.25, 0.3) is 4.96 Å². The van der Waals surface area contributed by atoms with E-state index in [0.29, 0.717) is 18.3 Å². The molecule has 0 saturated heterocycles. The summed E-state index contributed by atoms with van der Waals surface area (Å²) in [5.74, 6) is 0.666. The standard InChI is InChI=1S/C16H22N2O2S/c1-11(2)12-3-5-16(6-4-12,14(19)20)9-13-10-18-7-8-21-15(18)17-13/h7-8,10-12H,3-6,9H2,1-2H3,(H,19,20). The van der Waals surface area contributed by atoms with Crippen LogP contribution in [-0.4, -0.2) is 20.5 Å². The van der Waals surface area contributed by atoms with Crippen LogP contribution >= 0.6 is 11.3 Å². The molecule has 3 rings (SSSR count). The summed E-state index contributed by atoms with van der Waals surface area (Å²) in [6.07, 6.45) is 8.09. The summed E-state index contributed by atoms with van der Waals surface area (Å²) < 4.78 is 1.98. The zero-order chi connectivity index (χ0) is 15.0. The van der Waals surface area contributed by atoms with E-state index in [9.17, 15) is 9.90 Å². The Morgan fingerprint density at radius 3 is 2.81 bits per heavy atom. The molecule has 1 aliphatic carbocycles. The molecule has 1 aliphatic rings. The lowest BCUT2D eigenvalue weighted by molar-refractivity contribution is -0.152. The number of thiazole rings is 1. The first-order chi connectivity index (χ1) is 10.00. The minimum Gasteiger partial charge on any atom is -0.481 e. The molecule has 0 unspecified atom stereocenters. The average Bonchev–Trinajstić information content (AvgIpc) is 2.99. The molecule has 0 spiro atoms. The molecule has 0 aliphatic heterocycles. The van der Waals surface area contributed by atoms with Gasteiger partial charge in [0.15, 0.2) is 4.96 Å². The molecular weight excluding hydrogens is 284 g/mol. The maximum Gasteiger partial charge on any atom is 0.310 e. The van der Waals surface area contributed by atoms with Crippen LogP contribution in [0.1, 0.15) is 45.2 Å². The number of hydrogen-bond acceptors (Lipinski definition) is 3. The van der Waals surface area contributed by atoms with Crippen molar-refractivity contribution in [3.63, 3.8) is 0 Å². The van der Waals surface area contributed by atoms with Crippen molar-refractivity contribution in [1.82, 2.24) is 9.38 Å². The van der Waals surface area contributed by atoms with Crippen molar-refractivity contribution in [1.29, 1.82) is 0 Å². The van der Waals surface area contributed by atoms with Crippen LogP contribution in [0.3, 0.4) is 0 Å². The van der Waals surface area contributed by atoms with Gasteiger partial charge in [-0.2, -0.15) is 0 Å². The Morgan fingerprint density at radius 2 is 2.24 bits per heavy atom. The number of nitrogens with zero attached hydrogens (tertiary/aromatic N) is 2. The quantitative estimate of drug-likeness (QED) is 0.933. The maximum atomic E-state index is 11.9. The fraction of sp³-hybridized carbons (Fsp3) is 0.625. The fourth-order valence-electron chi connectivity index (χ4n) is 3.53. The highest BCUT2D eigenvalue weighted by atomic mass is 32.1. The Balaban J connectivity index is 1.79. The summed E-state index contributed by atoms with van der Waals surface area (Å²) in [5.41, 5.74) is 0.294. The second kappa shape index (κ2) is 5.44. The van der Waals surface area contributed by atoms with Gasteiger partial charge in [-0.25, -0.2) is 4.98 Å². The van der Waals surface area contributed by atoms with E-state index in [4.69, 9.17) is 0 Å². The first kappa shape index (κ1) is 14.6. The Bertz CT molecular complexity index is 607. The van der Waals surface area contributed by atoms with Crippen molar-refractivity contribution >= 4 is 22.3 Å². The molecule has 0 bridgehead atoms. The lowest BCUT2D eigenvalue weighted by Crippen LogP contribution is -2.38. The molecule has 0 radical (unpaired) electrons. The van der Waals surface area contributed by atoms with Gasteiger partial charge in [0, 0.05) is 24.2 Å². The molecule has 1 N–H and O–H groups in total. The number of carboxylic acid groups (broad SMARTS) is 1. The molecule has 5 heteroatoms. The first-order valence-electron chi connectivity index (χ1n) is 7.65. The summed E-state index contributed by atoms with van der Waals surface area (Å²) in [7, 11) is 0. The normalized spacial score (nSPS) is 26.5. The predicted molar refractivity (Wildman–Crippen MR) is 83.6 cm³/mol. The van der Waals surface area contributed by atoms with Crippen molar-refractivity contribution in [3.05, 3.63) is 23.5 Å². The number of imidazole rings is 1. The Labute approximate surface area is 128 Å². The Hall–Kier alpha value is -1.36. The highest BCUT2D eigenvalue weighted by Gasteiger charge is 2.43. The molecule has 21 heavy (non-hydrogen) atoms. The highest BCUT2D eigenvalue weighted by Crippen LogP contribution is 2.43. The summed E-state index contributed by atoms with van der Waals surface area (Å²) >= 11 is 1.59. The van der Waals surface area contributed by atoms with E-state index in [2.05, 4.69) is 18.8 Å². The van der Waals surface area contributed by atoms with Gasteiger partial charge in [0.1, 0.15) is 0 Å². The number of rotatable bonds is 4. The number of carbonyl (C=O) groups is 1. The van der Waals surface area contributed by atoms with Gasteiger partial charge in [0.25, 0.3) is 0 Å². The van der Waals surface area contributed by atoms with Crippen LogP contribution in [0.5, 0.6) is 0 Å². The monoisotopic (exact) mass is 306 g/mol. The van der Waals surface area contributed by atoms with E-state index in [-0.39, 0.29) is 0 Å². The van der Waals surface area contributed by atoms with Crippen molar-refractivity contribution in [2.24, 2.45) is 17.3 Å². The van der Waals surface area contributed by atoms with Crippen LogP contribution in [0.4, 0.5) is 0 Å². The number of aliphatic carboxylic acids is 1. The van der Waals surface area contributed by atoms with Crippen molar-refractivity contribution < 1.29 is 9.90 Å². The number of fused-ring (bicyclic) bond motifs is 1. The van der Waals surface area contributed by atoms with E-state index in [0.717, 1.165) is 36.3 Å². The third kappa shape index (κ3) is 2.71. The van der Waals surface area contributed by atoms with E-state index >= 15 is 0 Å². The molecule has 1 saturated carbocycles. The van der Waals surface area contributed by atoms with E-state index in [1.165, 1.54) is 0 Å². The summed E-state index contributed by atoms with van der Waals surface area (Å²) in [6.45, 7) is 4.48. The molecule has 2 heterocycles. The predicted octanol–water partition coefficient (Wildman–Crippen LogP) is 3.86. The van der Waals surface area contributed by atoms with Crippen LogP contribution in [-0.2, 0) is 11.2 Å². The van der Waals surface area contributed by atoms with Gasteiger partial charge in [0.05, 0.1) is 11.1 Å². The lowest BCUT2D eigenvalue weighted by atomic mass is 9.66. The van der Waals surface area contributed by atoms with Crippen molar-refractivity contribution in [3.8, 4) is 0 Å². The Kier molecular flexibility index (Phi) is 3.78. The fourth-order valence-corrected chi connectivity index (χ4v) is 4.25. The second-order valence-electron chi connectivity index (χ2n) is 6.67. The highest BCUT2D eigenvalue weighted by molar-refractivity contribution is 7.15. The molecule has 0 aromatic carbocycles. The maximum absolute atomic E-state index is 11.9. The average molecular weight is 306 g/mol. The number of aromatic nitrogens is 2. The topological polar surface area (TPSA) is 54.6 Å². The van der Waals surface area contributed by atoms with Crippen LogP contribution in [0.2, 0.25) is 0 Å². The van der Waals surface area contributed by atoms with Gasteiger partial charge >= 0.3 is 5.97 Å². The third-order valence-electron chi connectivity index (χ3n) is 5.05. The molecule has 4 nitrogen and oxygen atoms in total. The van der Waals surface area contributed by atoms with Crippen LogP contribution < -0.4 is 0 Å². The molecule has 0 atom stereocenters. The minimum atomic E-state index is -0.652. The molecule has 2 aromatic heterocycles. The number of hydrogen-bond donors (Lipinski definition) is 1. The lowest BCUT2D eigenvalue weighted by Gasteiger charge is -2.38. The summed E-state index contributed by atoms with van der Waals surface area (Å²) in [4.78, 5) is 17.4. The van der Waals surface area contributed by atoms with Gasteiger partial charge in [0.2, 0.25) is 0 Å². The van der Waals surface area contributed by atoms with Gasteiger partial charge in [-0.3, -0.25) is 9.20 Å². The SMILES string of the molecule is CC(C)C1CCC(Cc2cn3ccsc3n2)(C(=O)O)CC1. The largest absolute Gasteiger partial charge is 0.481 e. The molecule has 2 aromatic rings.